The van der Waals surface area contributed by atoms with Gasteiger partial charge in [0.1, 0.15) is 17.1 Å². The zero-order valence-corrected chi connectivity index (χ0v) is 16.4. The van der Waals surface area contributed by atoms with Crippen molar-refractivity contribution in [3.05, 3.63) is 56.1 Å². The van der Waals surface area contributed by atoms with Crippen molar-refractivity contribution in [1.82, 2.24) is 5.32 Å². The lowest BCUT2D eigenvalue weighted by Crippen LogP contribution is -2.30. The summed E-state index contributed by atoms with van der Waals surface area (Å²) in [5, 5.41) is 6.56. The lowest BCUT2D eigenvalue weighted by molar-refractivity contribution is 0.102. The number of piperidine rings is 1. The van der Waals surface area contributed by atoms with Gasteiger partial charge in [0, 0.05) is 23.6 Å². The molecule has 1 fully saturated rings. The normalized spacial score (nSPS) is 16.8. The van der Waals surface area contributed by atoms with E-state index in [2.05, 4.69) is 10.6 Å². The smallest absolute Gasteiger partial charge is 0.349 e. The molecule has 6 nitrogen and oxygen atoms in total. The average Bonchev–Trinajstić information content (AvgIpc) is 2.64. The van der Waals surface area contributed by atoms with Gasteiger partial charge < -0.3 is 19.8 Å². The number of hydrogen-bond acceptors (Lipinski definition) is 5. The number of halogens is 1. The number of anilines is 1. The number of carbonyl (C=O) groups excluding carboxylic acids is 1. The molecule has 27 heavy (non-hydrogen) atoms. The molecule has 1 unspecified atom stereocenters. The van der Waals surface area contributed by atoms with E-state index < -0.39 is 11.5 Å². The molecule has 3 rings (SSSR count). The third kappa shape index (κ3) is 4.17. The Morgan fingerprint density at radius 1 is 1.30 bits per heavy atom. The Morgan fingerprint density at radius 3 is 2.70 bits per heavy atom. The molecule has 0 aliphatic carbocycles. The molecule has 0 spiro atoms. The molecule has 0 radical (unpaired) electrons. The molecule has 0 saturated carbocycles. The lowest BCUT2D eigenvalue weighted by Gasteiger charge is -2.22. The van der Waals surface area contributed by atoms with Crippen LogP contribution in [0.15, 0.2) is 27.4 Å². The van der Waals surface area contributed by atoms with E-state index in [1.165, 1.54) is 7.11 Å². The van der Waals surface area contributed by atoms with Gasteiger partial charge in [0.2, 0.25) is 0 Å². The number of rotatable bonds is 4. The van der Waals surface area contributed by atoms with Gasteiger partial charge in [-0.25, -0.2) is 4.79 Å². The number of carbonyl (C=O) groups is 1. The Labute approximate surface area is 162 Å². The van der Waals surface area contributed by atoms with E-state index >= 15 is 0 Å². The molecule has 0 bridgehead atoms. The summed E-state index contributed by atoms with van der Waals surface area (Å²) < 4.78 is 10.7. The number of nitrogens with one attached hydrogen (secondary N) is 2. The second-order valence-electron chi connectivity index (χ2n) is 6.79. The van der Waals surface area contributed by atoms with Crippen LogP contribution in [0.3, 0.4) is 0 Å². The average molecular weight is 391 g/mol. The first-order valence-electron chi connectivity index (χ1n) is 8.91. The second kappa shape index (κ2) is 8.15. The van der Waals surface area contributed by atoms with E-state index in [0.29, 0.717) is 27.8 Å². The molecule has 144 valence electrons. The monoisotopic (exact) mass is 390 g/mol. The first-order chi connectivity index (χ1) is 12.9. The molecule has 1 aliphatic rings. The number of methoxy groups -OCH3 is 1. The highest BCUT2D eigenvalue weighted by Gasteiger charge is 2.23. The molecular weight excluding hydrogens is 368 g/mol. The van der Waals surface area contributed by atoms with Crippen LogP contribution in [0, 0.1) is 13.8 Å². The van der Waals surface area contributed by atoms with E-state index in [1.807, 2.05) is 6.92 Å². The number of ether oxygens (including phenoxy) is 1. The van der Waals surface area contributed by atoms with E-state index in [-0.39, 0.29) is 11.5 Å². The molecular formula is C20H23ClN2O4. The van der Waals surface area contributed by atoms with Gasteiger partial charge in [0.15, 0.2) is 0 Å². The summed E-state index contributed by atoms with van der Waals surface area (Å²) in [6, 6.07) is 5.12. The van der Waals surface area contributed by atoms with Crippen molar-refractivity contribution in [3.63, 3.8) is 0 Å². The predicted octanol–water partition coefficient (Wildman–Crippen LogP) is 3.64. The molecule has 2 aromatic rings. The number of benzene rings is 1. The molecule has 1 aliphatic heterocycles. The highest BCUT2D eigenvalue weighted by atomic mass is 35.5. The van der Waals surface area contributed by atoms with Crippen LogP contribution in [0.2, 0.25) is 5.02 Å². The number of aryl methyl sites for hydroxylation is 2. The summed E-state index contributed by atoms with van der Waals surface area (Å²) in [7, 11) is 1.49. The van der Waals surface area contributed by atoms with Gasteiger partial charge in [-0.15, -0.1) is 0 Å². The van der Waals surface area contributed by atoms with Crippen LogP contribution in [-0.2, 0) is 0 Å². The zero-order valence-electron chi connectivity index (χ0n) is 15.6. The van der Waals surface area contributed by atoms with Gasteiger partial charge in [0.25, 0.3) is 5.91 Å². The van der Waals surface area contributed by atoms with Gasteiger partial charge in [0.05, 0.1) is 12.8 Å². The molecule has 1 aromatic carbocycles. The van der Waals surface area contributed by atoms with Crippen LogP contribution >= 0.6 is 11.6 Å². The van der Waals surface area contributed by atoms with Gasteiger partial charge in [-0.05, 0) is 56.5 Å². The largest absolute Gasteiger partial charge is 0.495 e. The minimum absolute atomic E-state index is 0.00262. The molecule has 1 aromatic heterocycles. The molecule has 7 heteroatoms. The van der Waals surface area contributed by atoms with E-state index in [0.717, 1.165) is 31.5 Å². The maximum atomic E-state index is 12.7. The standard InChI is InChI=1S/C20H23ClN2O4/c1-11-7-15(17(26-3)9-14(11)21)23-19(24)18-12(2)8-16(27-20(18)25)13-5-4-6-22-10-13/h7-9,13,22H,4-6,10H2,1-3H3,(H,23,24). The van der Waals surface area contributed by atoms with Crippen molar-refractivity contribution >= 4 is 23.2 Å². The third-order valence-electron chi connectivity index (χ3n) is 4.82. The molecule has 1 saturated heterocycles. The van der Waals surface area contributed by atoms with Crippen molar-refractivity contribution in [3.8, 4) is 5.75 Å². The van der Waals surface area contributed by atoms with Crippen LogP contribution in [-0.4, -0.2) is 26.1 Å². The Morgan fingerprint density at radius 2 is 2.07 bits per heavy atom. The van der Waals surface area contributed by atoms with Gasteiger partial charge in [-0.1, -0.05) is 11.6 Å². The predicted molar refractivity (Wildman–Crippen MR) is 105 cm³/mol. The minimum atomic E-state index is -0.627. The first kappa shape index (κ1) is 19.5. The molecule has 2 N–H and O–H groups in total. The Kier molecular flexibility index (Phi) is 5.87. The van der Waals surface area contributed by atoms with Crippen LogP contribution in [0.1, 0.15) is 46.0 Å². The fraction of sp³-hybridized carbons (Fsp3) is 0.400. The highest BCUT2D eigenvalue weighted by molar-refractivity contribution is 6.31. The van der Waals surface area contributed by atoms with E-state index in [9.17, 15) is 9.59 Å². The van der Waals surface area contributed by atoms with Crippen LogP contribution < -0.4 is 21.0 Å². The molecule has 2 heterocycles. The van der Waals surface area contributed by atoms with Gasteiger partial charge in [-0.2, -0.15) is 0 Å². The van der Waals surface area contributed by atoms with Crippen molar-refractivity contribution < 1.29 is 13.9 Å². The van der Waals surface area contributed by atoms with Gasteiger partial charge >= 0.3 is 5.63 Å². The van der Waals surface area contributed by atoms with Gasteiger partial charge in [-0.3, -0.25) is 4.79 Å². The van der Waals surface area contributed by atoms with E-state index in [4.69, 9.17) is 20.8 Å². The fourth-order valence-electron chi connectivity index (χ4n) is 3.32. The SMILES string of the molecule is COc1cc(Cl)c(C)cc1NC(=O)c1c(C)cc(C2CCCNC2)oc1=O. The first-order valence-corrected chi connectivity index (χ1v) is 9.29. The highest BCUT2D eigenvalue weighted by Crippen LogP contribution is 2.31. The summed E-state index contributed by atoms with van der Waals surface area (Å²) in [5.74, 6) is 0.669. The van der Waals surface area contributed by atoms with Crippen LogP contribution in [0.25, 0.3) is 0 Å². The summed E-state index contributed by atoms with van der Waals surface area (Å²) in [5.41, 5.74) is 1.20. The lowest BCUT2D eigenvalue weighted by atomic mass is 9.95. The maximum Gasteiger partial charge on any atom is 0.349 e. The fourth-order valence-corrected chi connectivity index (χ4v) is 3.47. The zero-order chi connectivity index (χ0) is 19.6. The van der Waals surface area contributed by atoms with E-state index in [1.54, 1.807) is 25.1 Å². The summed E-state index contributed by atoms with van der Waals surface area (Å²) in [4.78, 5) is 25.2. The molecule has 1 amide bonds. The third-order valence-corrected chi connectivity index (χ3v) is 5.23. The maximum absolute atomic E-state index is 12.7. The Bertz CT molecular complexity index is 917. The molecule has 1 atom stereocenters. The summed E-state index contributed by atoms with van der Waals surface area (Å²) >= 11 is 6.10. The Balaban J connectivity index is 1.89. The number of amides is 1. The van der Waals surface area contributed by atoms with Crippen LogP contribution in [0.4, 0.5) is 5.69 Å². The van der Waals surface area contributed by atoms with Crippen molar-refractivity contribution in [1.29, 1.82) is 0 Å². The topological polar surface area (TPSA) is 80.6 Å². The van der Waals surface area contributed by atoms with Crippen LogP contribution in [0.5, 0.6) is 5.75 Å². The summed E-state index contributed by atoms with van der Waals surface area (Å²) in [6.07, 6.45) is 1.99. The van der Waals surface area contributed by atoms with Crippen molar-refractivity contribution in [2.24, 2.45) is 0 Å². The minimum Gasteiger partial charge on any atom is -0.495 e. The van der Waals surface area contributed by atoms with Crippen molar-refractivity contribution in [2.45, 2.75) is 32.6 Å². The summed E-state index contributed by atoms with van der Waals surface area (Å²) in [6.45, 7) is 5.32. The second-order valence-corrected chi connectivity index (χ2v) is 7.20. The van der Waals surface area contributed by atoms with Crippen molar-refractivity contribution in [2.75, 3.05) is 25.5 Å². The Hall–Kier alpha value is -2.31. The number of hydrogen-bond donors (Lipinski definition) is 2. The quantitative estimate of drug-likeness (QED) is 0.833.